The van der Waals surface area contributed by atoms with Crippen LogP contribution < -0.4 is 21.3 Å². The van der Waals surface area contributed by atoms with Crippen LogP contribution >= 0.6 is 11.6 Å². The van der Waals surface area contributed by atoms with Crippen molar-refractivity contribution in [2.75, 3.05) is 6.61 Å². The number of nitrogens with two attached hydrogens (primary N) is 1. The van der Waals surface area contributed by atoms with E-state index in [1.807, 2.05) is 0 Å². The fourth-order valence-corrected chi connectivity index (χ4v) is 4.14. The molecule has 2 bridgehead atoms. The number of fused-ring (bicyclic) bond motifs is 3. The first-order valence-electron chi connectivity index (χ1n) is 8.38. The topological polar surface area (TPSA) is 114 Å². The number of amides is 2. The highest BCUT2D eigenvalue weighted by Gasteiger charge is 2.58. The lowest BCUT2D eigenvalue weighted by Gasteiger charge is -2.54. The Hall–Kier alpha value is -1.90. The number of hydrogen-bond acceptors (Lipinski definition) is 5. The molecule has 1 atom stereocenters. The van der Waals surface area contributed by atoms with Crippen LogP contribution in [0.15, 0.2) is 18.2 Å². The minimum absolute atomic E-state index is 0.0240. The molecule has 0 heterocycles. The summed E-state index contributed by atoms with van der Waals surface area (Å²) in [6.45, 7) is -0.284. The maximum Gasteiger partial charge on any atom is 0.258 e. The molecule has 7 nitrogen and oxygen atoms in total. The third kappa shape index (κ3) is 3.36. The maximum absolute atomic E-state index is 13.4. The fourth-order valence-electron chi connectivity index (χ4n) is 4.02. The van der Waals surface area contributed by atoms with Gasteiger partial charge in [0.05, 0.1) is 16.5 Å². The van der Waals surface area contributed by atoms with E-state index in [2.05, 4.69) is 10.7 Å². The summed E-state index contributed by atoms with van der Waals surface area (Å²) in [6, 6.07) is 3.93. The Morgan fingerprint density at radius 2 is 2.04 bits per heavy atom. The lowest BCUT2D eigenvalue weighted by Crippen LogP contribution is -2.66. The van der Waals surface area contributed by atoms with Gasteiger partial charge in [0.25, 0.3) is 5.91 Å². The van der Waals surface area contributed by atoms with Gasteiger partial charge in [-0.25, -0.2) is 10.2 Å². The van der Waals surface area contributed by atoms with Gasteiger partial charge in [-0.1, -0.05) is 11.6 Å². The molecule has 2 amide bonds. The third-order valence-electron chi connectivity index (χ3n) is 5.57. The number of ether oxygens (including phenoxy) is 1. The van der Waals surface area contributed by atoms with E-state index >= 15 is 0 Å². The summed E-state index contributed by atoms with van der Waals surface area (Å²) in [5, 5.41) is 13.3. The molecule has 0 spiro atoms. The molecule has 142 valence electrons. The molecule has 0 saturated heterocycles. The Morgan fingerprint density at radius 3 is 2.62 bits per heavy atom. The molecular weight excluding hydrogens is 365 g/mol. The smallest absolute Gasteiger partial charge is 0.258 e. The average molecular weight is 386 g/mol. The quantitative estimate of drug-likeness (QED) is 0.343. The zero-order valence-electron chi connectivity index (χ0n) is 14.1. The van der Waals surface area contributed by atoms with Gasteiger partial charge in [0.1, 0.15) is 11.6 Å². The number of hydrogen-bond donors (Lipinski definition) is 4. The van der Waals surface area contributed by atoms with Gasteiger partial charge in [-0.05, 0) is 44.2 Å². The van der Waals surface area contributed by atoms with Crippen LogP contribution in [-0.4, -0.2) is 35.2 Å². The van der Waals surface area contributed by atoms with Gasteiger partial charge in [-0.2, -0.15) is 0 Å². The van der Waals surface area contributed by atoms with Crippen LogP contribution in [-0.2, 0) is 9.59 Å². The number of aliphatic hydroxyl groups excluding tert-OH is 1. The molecule has 1 unspecified atom stereocenters. The van der Waals surface area contributed by atoms with Crippen LogP contribution in [0.5, 0.6) is 5.75 Å². The zero-order valence-corrected chi connectivity index (χ0v) is 14.8. The van der Waals surface area contributed by atoms with E-state index < -0.39 is 22.9 Å². The Labute approximate surface area is 155 Å². The maximum atomic E-state index is 13.4. The number of nitrogens with one attached hydrogen (secondary N) is 2. The molecule has 1 aromatic rings. The second kappa shape index (κ2) is 7.02. The van der Waals surface area contributed by atoms with Gasteiger partial charge in [0.15, 0.2) is 6.61 Å². The van der Waals surface area contributed by atoms with Crippen molar-refractivity contribution in [3.8, 4) is 5.75 Å². The predicted octanol–water partition coefficient (Wildman–Crippen LogP) is 1.03. The predicted molar refractivity (Wildman–Crippen MR) is 91.6 cm³/mol. The minimum Gasteiger partial charge on any atom is -0.484 e. The van der Waals surface area contributed by atoms with Crippen LogP contribution in [0, 0.1) is 11.2 Å². The molecule has 0 aromatic heterocycles. The van der Waals surface area contributed by atoms with Gasteiger partial charge >= 0.3 is 0 Å². The number of carbonyl (C=O) groups excluding carboxylic acids is 2. The van der Waals surface area contributed by atoms with Gasteiger partial charge < -0.3 is 15.2 Å². The van der Waals surface area contributed by atoms with Crippen molar-refractivity contribution >= 4 is 23.4 Å². The van der Waals surface area contributed by atoms with E-state index in [1.165, 1.54) is 12.1 Å². The number of halogens is 2. The van der Waals surface area contributed by atoms with Gasteiger partial charge in [0, 0.05) is 11.6 Å². The summed E-state index contributed by atoms with van der Waals surface area (Å²) in [7, 11) is 0. The Bertz CT molecular complexity index is 722. The van der Waals surface area contributed by atoms with Crippen molar-refractivity contribution in [2.24, 2.45) is 11.3 Å². The summed E-state index contributed by atoms with van der Waals surface area (Å²) >= 11 is 5.60. The number of rotatable bonds is 5. The molecule has 5 N–H and O–H groups in total. The lowest BCUT2D eigenvalue weighted by atomic mass is 9.55. The first-order valence-corrected chi connectivity index (χ1v) is 8.76. The van der Waals surface area contributed by atoms with E-state index in [-0.39, 0.29) is 35.6 Å². The minimum atomic E-state index is -0.876. The average Bonchev–Trinajstić information content (AvgIpc) is 2.62. The van der Waals surface area contributed by atoms with Crippen molar-refractivity contribution in [3.63, 3.8) is 0 Å². The second-order valence-corrected chi connectivity index (χ2v) is 7.45. The molecule has 3 saturated carbocycles. The largest absolute Gasteiger partial charge is 0.484 e. The molecular formula is C17H21ClFN3O4. The molecule has 0 radical (unpaired) electrons. The summed E-state index contributed by atoms with van der Waals surface area (Å²) in [6.07, 6.45) is 1.43. The molecule has 3 aliphatic carbocycles. The van der Waals surface area contributed by atoms with E-state index in [0.29, 0.717) is 25.7 Å². The van der Waals surface area contributed by atoms with Crippen LogP contribution in [0.4, 0.5) is 4.39 Å². The van der Waals surface area contributed by atoms with Crippen molar-refractivity contribution in [2.45, 2.75) is 43.7 Å². The number of aliphatic hydroxyl groups is 1. The van der Waals surface area contributed by atoms with Crippen LogP contribution in [0.25, 0.3) is 0 Å². The van der Waals surface area contributed by atoms with Crippen molar-refractivity contribution in [3.05, 3.63) is 29.0 Å². The molecule has 0 aliphatic heterocycles. The van der Waals surface area contributed by atoms with Gasteiger partial charge in [0.2, 0.25) is 5.91 Å². The molecule has 1 aromatic carbocycles. The third-order valence-corrected chi connectivity index (χ3v) is 5.88. The molecule has 26 heavy (non-hydrogen) atoms. The molecule has 3 aliphatic rings. The number of benzene rings is 1. The van der Waals surface area contributed by atoms with Gasteiger partial charge in [-0.15, -0.1) is 0 Å². The monoisotopic (exact) mass is 385 g/mol. The van der Waals surface area contributed by atoms with Crippen molar-refractivity contribution in [1.29, 1.82) is 0 Å². The van der Waals surface area contributed by atoms with Gasteiger partial charge in [-0.3, -0.25) is 15.0 Å². The van der Waals surface area contributed by atoms with Crippen molar-refractivity contribution in [1.82, 2.24) is 10.7 Å². The summed E-state index contributed by atoms with van der Waals surface area (Å²) in [5.41, 5.74) is 0.691. The summed E-state index contributed by atoms with van der Waals surface area (Å²) < 4.78 is 18.7. The number of carbonyl (C=O) groups is 2. The highest BCUT2D eigenvalue weighted by Crippen LogP contribution is 2.52. The first-order chi connectivity index (χ1) is 12.3. The van der Waals surface area contributed by atoms with Crippen LogP contribution in [0.3, 0.4) is 0 Å². The standard InChI is InChI=1S/C17H21ClFN3O4/c18-11-2-1-10(7-12(11)19)26-9-14(24)21-16-3-5-17(6-4-16,13(23)8-16)15(25)22-20/h1-2,7,13,23H,3-6,8-9,20H2,(H,21,24)(H,22,25). The Morgan fingerprint density at radius 1 is 1.35 bits per heavy atom. The second-order valence-electron chi connectivity index (χ2n) is 7.04. The van der Waals surface area contributed by atoms with Crippen LogP contribution in [0.2, 0.25) is 5.02 Å². The molecule has 4 rings (SSSR count). The normalized spacial score (nSPS) is 29.9. The lowest BCUT2D eigenvalue weighted by molar-refractivity contribution is -0.156. The zero-order chi connectivity index (χ0) is 18.9. The first kappa shape index (κ1) is 18.9. The molecule has 9 heteroatoms. The van der Waals surface area contributed by atoms with E-state index in [4.69, 9.17) is 22.2 Å². The highest BCUT2D eigenvalue weighted by molar-refractivity contribution is 6.30. The summed E-state index contributed by atoms with van der Waals surface area (Å²) in [5.74, 6) is 4.08. The van der Waals surface area contributed by atoms with Crippen LogP contribution in [0.1, 0.15) is 32.1 Å². The molecule has 3 fully saturated rings. The Balaban J connectivity index is 1.58. The highest BCUT2D eigenvalue weighted by atomic mass is 35.5. The van der Waals surface area contributed by atoms with E-state index in [1.54, 1.807) is 0 Å². The van der Waals surface area contributed by atoms with Crippen molar-refractivity contribution < 1.29 is 23.8 Å². The fraction of sp³-hybridized carbons (Fsp3) is 0.529. The Kier molecular flexibility index (Phi) is 5.09. The summed E-state index contributed by atoms with van der Waals surface area (Å²) in [4.78, 5) is 24.3. The number of hydrazine groups is 1. The van der Waals surface area contributed by atoms with E-state index in [0.717, 1.165) is 6.07 Å². The van der Waals surface area contributed by atoms with E-state index in [9.17, 15) is 19.1 Å². The SMILES string of the molecule is NNC(=O)C12CCC(NC(=O)COc3ccc(Cl)c(F)c3)(CC1)CC2O.